The van der Waals surface area contributed by atoms with E-state index in [9.17, 15) is 5.11 Å². The molecule has 0 aliphatic carbocycles. The second-order valence-electron chi connectivity index (χ2n) is 8.19. The second kappa shape index (κ2) is 15.4. The van der Waals surface area contributed by atoms with E-state index in [2.05, 4.69) is 28.7 Å². The second-order valence-corrected chi connectivity index (χ2v) is 8.19. The largest absolute Gasteiger partial charge is 0.490 e. The minimum Gasteiger partial charge on any atom is -0.490 e. The Hall–Kier alpha value is -2.38. The van der Waals surface area contributed by atoms with Crippen molar-refractivity contribution in [3.63, 3.8) is 0 Å². The first-order chi connectivity index (χ1) is 15.2. The van der Waals surface area contributed by atoms with Gasteiger partial charge in [0.15, 0.2) is 11.6 Å². The van der Waals surface area contributed by atoms with E-state index in [4.69, 9.17) is 4.74 Å². The number of aromatic nitrogens is 2. The zero-order valence-electron chi connectivity index (χ0n) is 19.3. The Morgan fingerprint density at radius 2 is 1.55 bits per heavy atom. The van der Waals surface area contributed by atoms with Crippen LogP contribution in [0.5, 0.6) is 5.75 Å². The molecular formula is C27H38N2O2. The van der Waals surface area contributed by atoms with Gasteiger partial charge < -0.3 is 9.84 Å². The minimum atomic E-state index is -0.247. The summed E-state index contributed by atoms with van der Waals surface area (Å²) in [4.78, 5) is 8.89. The van der Waals surface area contributed by atoms with E-state index >= 15 is 0 Å². The summed E-state index contributed by atoms with van der Waals surface area (Å²) in [6, 6.07) is 7.98. The number of benzene rings is 1. The highest BCUT2D eigenvalue weighted by molar-refractivity contribution is 5.56. The lowest BCUT2D eigenvalue weighted by atomic mass is 10.1. The Bertz CT molecular complexity index is 774. The van der Waals surface area contributed by atoms with Crippen LogP contribution in [0, 0.1) is 11.8 Å². The minimum absolute atomic E-state index is 0.247. The maximum Gasteiger partial charge on any atom is 0.159 e. The highest BCUT2D eigenvalue weighted by Crippen LogP contribution is 2.17. The molecule has 1 aromatic heterocycles. The summed E-state index contributed by atoms with van der Waals surface area (Å²) in [5.74, 6) is 7.74. The van der Waals surface area contributed by atoms with Crippen molar-refractivity contribution in [2.75, 3.05) is 6.61 Å². The monoisotopic (exact) mass is 422 g/mol. The third-order valence-electron chi connectivity index (χ3n) is 5.19. The molecule has 0 saturated heterocycles. The van der Waals surface area contributed by atoms with E-state index in [1.807, 2.05) is 31.2 Å². The summed E-state index contributed by atoms with van der Waals surface area (Å²) >= 11 is 0. The van der Waals surface area contributed by atoms with Gasteiger partial charge in [-0.1, -0.05) is 63.7 Å². The maximum absolute atomic E-state index is 9.26. The van der Waals surface area contributed by atoms with Crippen LogP contribution in [0.4, 0.5) is 0 Å². The van der Waals surface area contributed by atoms with Gasteiger partial charge in [0.2, 0.25) is 0 Å². The van der Waals surface area contributed by atoms with E-state index < -0.39 is 0 Å². The first-order valence-electron chi connectivity index (χ1n) is 11.9. The van der Waals surface area contributed by atoms with Crippen LogP contribution in [-0.4, -0.2) is 27.8 Å². The molecule has 0 bridgehead atoms. The highest BCUT2D eigenvalue weighted by Gasteiger charge is 2.02. The number of hydrogen-bond donors (Lipinski definition) is 1. The number of nitrogens with zero attached hydrogens (tertiary/aromatic N) is 2. The van der Waals surface area contributed by atoms with Crippen LogP contribution in [0.15, 0.2) is 36.7 Å². The third-order valence-corrected chi connectivity index (χ3v) is 5.19. The van der Waals surface area contributed by atoms with Gasteiger partial charge in [-0.15, -0.1) is 0 Å². The number of ether oxygens (including phenoxy) is 1. The summed E-state index contributed by atoms with van der Waals surface area (Å²) in [5.41, 5.74) is 1.94. The van der Waals surface area contributed by atoms with Gasteiger partial charge in [-0.3, -0.25) is 0 Å². The van der Waals surface area contributed by atoms with Gasteiger partial charge in [0.1, 0.15) is 0 Å². The van der Waals surface area contributed by atoms with Crippen LogP contribution in [0.2, 0.25) is 0 Å². The van der Waals surface area contributed by atoms with Crippen LogP contribution in [0.25, 0.3) is 11.4 Å². The molecule has 0 amide bonds. The summed E-state index contributed by atoms with van der Waals surface area (Å²) < 4.78 is 5.78. The zero-order chi connectivity index (χ0) is 22.2. The number of unbranched alkanes of at least 4 members (excludes halogenated alkanes) is 8. The number of aliphatic hydroxyl groups excluding tert-OH is 1. The molecule has 0 spiro atoms. The van der Waals surface area contributed by atoms with Crippen molar-refractivity contribution in [1.29, 1.82) is 0 Å². The summed E-state index contributed by atoms with van der Waals surface area (Å²) in [6.45, 7) is 4.79. The average molecular weight is 423 g/mol. The Morgan fingerprint density at radius 1 is 0.903 bits per heavy atom. The fourth-order valence-electron chi connectivity index (χ4n) is 3.32. The first kappa shape index (κ1) is 24.9. The fourth-order valence-corrected chi connectivity index (χ4v) is 3.32. The molecule has 1 unspecified atom stereocenters. The summed E-state index contributed by atoms with van der Waals surface area (Å²) in [7, 11) is 0. The van der Waals surface area contributed by atoms with Crippen molar-refractivity contribution in [1.82, 2.24) is 9.97 Å². The molecule has 31 heavy (non-hydrogen) atoms. The Labute approximate surface area is 188 Å². The molecule has 2 rings (SSSR count). The van der Waals surface area contributed by atoms with Crippen LogP contribution in [-0.2, 0) is 0 Å². The van der Waals surface area contributed by atoms with E-state index in [-0.39, 0.29) is 6.10 Å². The molecular weight excluding hydrogens is 384 g/mol. The van der Waals surface area contributed by atoms with Crippen LogP contribution in [0.1, 0.15) is 90.0 Å². The molecule has 4 nitrogen and oxygen atoms in total. The Kier molecular flexibility index (Phi) is 12.4. The van der Waals surface area contributed by atoms with E-state index in [0.29, 0.717) is 5.82 Å². The van der Waals surface area contributed by atoms with Gasteiger partial charge in [0.25, 0.3) is 0 Å². The standard InChI is InChI=1S/C27H38N2O2/c1-3-4-5-6-7-8-9-13-20-31-26-21-28-27(29-22-26)25-18-16-24(17-19-25)15-12-10-11-14-23(2)30/h16-19,21-23,30H,3-11,13-14,20H2,1-2H3. The average Bonchev–Trinajstić information content (AvgIpc) is 2.78. The quantitative estimate of drug-likeness (QED) is 0.276. The van der Waals surface area contributed by atoms with Gasteiger partial charge in [0.05, 0.1) is 25.1 Å². The SMILES string of the molecule is CCCCCCCCCCOc1cnc(-c2ccc(C#CCCCC(C)O)cc2)nc1. The van der Waals surface area contributed by atoms with Gasteiger partial charge in [-0.25, -0.2) is 9.97 Å². The van der Waals surface area contributed by atoms with Crippen molar-refractivity contribution in [2.45, 2.75) is 90.6 Å². The molecule has 4 heteroatoms. The van der Waals surface area contributed by atoms with E-state index in [1.54, 1.807) is 12.4 Å². The van der Waals surface area contributed by atoms with Gasteiger partial charge in [-0.2, -0.15) is 0 Å². The summed E-state index contributed by atoms with van der Waals surface area (Å²) in [5, 5.41) is 9.26. The zero-order valence-corrected chi connectivity index (χ0v) is 19.3. The molecule has 168 valence electrons. The Balaban J connectivity index is 1.68. The molecule has 0 radical (unpaired) electrons. The molecule has 0 saturated carbocycles. The first-order valence-corrected chi connectivity index (χ1v) is 11.9. The lowest BCUT2D eigenvalue weighted by molar-refractivity contribution is 0.182. The van der Waals surface area contributed by atoms with E-state index in [1.165, 1.54) is 44.9 Å². The highest BCUT2D eigenvalue weighted by atomic mass is 16.5. The van der Waals surface area contributed by atoms with Crippen molar-refractivity contribution >= 4 is 0 Å². The van der Waals surface area contributed by atoms with Crippen LogP contribution < -0.4 is 4.74 Å². The van der Waals surface area contributed by atoms with Crippen molar-refractivity contribution in [3.8, 4) is 29.0 Å². The number of aliphatic hydroxyl groups is 1. The molecule has 1 aromatic carbocycles. The normalized spacial score (nSPS) is 11.6. The predicted molar refractivity (Wildman–Crippen MR) is 128 cm³/mol. The molecule has 0 aliphatic heterocycles. The topological polar surface area (TPSA) is 55.2 Å². The molecule has 0 aliphatic rings. The van der Waals surface area contributed by atoms with Crippen molar-refractivity contribution in [2.24, 2.45) is 0 Å². The summed E-state index contributed by atoms with van der Waals surface area (Å²) in [6.07, 6.45) is 16.1. The fraction of sp³-hybridized carbons (Fsp3) is 0.556. The molecule has 1 heterocycles. The lowest BCUT2D eigenvalue weighted by Gasteiger charge is -2.06. The number of rotatable bonds is 14. The molecule has 1 atom stereocenters. The number of hydrogen-bond acceptors (Lipinski definition) is 4. The van der Waals surface area contributed by atoms with Gasteiger partial charge in [0, 0.05) is 17.5 Å². The van der Waals surface area contributed by atoms with Crippen molar-refractivity contribution in [3.05, 3.63) is 42.2 Å². The lowest BCUT2D eigenvalue weighted by Crippen LogP contribution is -1.99. The predicted octanol–water partition coefficient (Wildman–Crippen LogP) is 6.57. The van der Waals surface area contributed by atoms with Crippen molar-refractivity contribution < 1.29 is 9.84 Å². The Morgan fingerprint density at radius 3 is 2.19 bits per heavy atom. The van der Waals surface area contributed by atoms with Gasteiger partial charge >= 0.3 is 0 Å². The van der Waals surface area contributed by atoms with Crippen LogP contribution in [0.3, 0.4) is 0 Å². The van der Waals surface area contributed by atoms with Crippen LogP contribution >= 0.6 is 0 Å². The smallest absolute Gasteiger partial charge is 0.159 e. The third kappa shape index (κ3) is 11.0. The molecule has 0 fully saturated rings. The van der Waals surface area contributed by atoms with Gasteiger partial charge in [-0.05, 0) is 50.5 Å². The molecule has 1 N–H and O–H groups in total. The molecule has 2 aromatic rings. The van der Waals surface area contributed by atoms with E-state index in [0.717, 1.165) is 49.2 Å². The maximum atomic E-state index is 9.26.